The van der Waals surface area contributed by atoms with Gasteiger partial charge in [0.1, 0.15) is 0 Å². The first-order valence-corrected chi connectivity index (χ1v) is 10.0. The van der Waals surface area contributed by atoms with Crippen LogP contribution in [0.1, 0.15) is 47.8 Å². The lowest BCUT2D eigenvalue weighted by atomic mass is 10.1. The van der Waals surface area contributed by atoms with Gasteiger partial charge in [0.25, 0.3) is 0 Å². The summed E-state index contributed by atoms with van der Waals surface area (Å²) in [6.45, 7) is 4.31. The van der Waals surface area contributed by atoms with E-state index in [0.29, 0.717) is 0 Å². The summed E-state index contributed by atoms with van der Waals surface area (Å²) in [5, 5.41) is 0. The average Bonchev–Trinajstić information content (AvgIpc) is 3.45. The molecule has 0 amide bonds. The number of allylic oxidation sites excluding steroid dienone is 2. The van der Waals surface area contributed by atoms with E-state index in [9.17, 15) is 0 Å². The molecule has 0 unspecified atom stereocenters. The molecule has 1 aliphatic carbocycles. The molecule has 6 rings (SSSR count). The van der Waals surface area contributed by atoms with E-state index < -0.39 is 0 Å². The Morgan fingerprint density at radius 3 is 2.29 bits per heavy atom. The number of aromatic amines is 2. The van der Waals surface area contributed by atoms with Gasteiger partial charge in [-0.25, -0.2) is 4.98 Å². The normalized spacial score (nSPS) is 15.5. The van der Waals surface area contributed by atoms with Crippen LogP contribution in [0.25, 0.3) is 33.2 Å². The van der Waals surface area contributed by atoms with E-state index in [1.807, 2.05) is 0 Å². The number of nitrogens with one attached hydrogen (secondary N) is 2. The zero-order valence-corrected chi connectivity index (χ0v) is 16.2. The summed E-state index contributed by atoms with van der Waals surface area (Å²) in [7, 11) is 0. The minimum absolute atomic E-state index is 1.01. The molecule has 0 spiro atoms. The maximum atomic E-state index is 4.98. The van der Waals surface area contributed by atoms with Gasteiger partial charge in [-0.05, 0) is 98.2 Å². The minimum Gasteiger partial charge on any atom is -0.355 e. The summed E-state index contributed by atoms with van der Waals surface area (Å²) < 4.78 is 0. The van der Waals surface area contributed by atoms with Crippen molar-refractivity contribution in [3.05, 3.63) is 70.3 Å². The predicted molar refractivity (Wildman–Crippen MR) is 114 cm³/mol. The van der Waals surface area contributed by atoms with Gasteiger partial charge in [0, 0.05) is 33.5 Å². The zero-order valence-electron chi connectivity index (χ0n) is 16.2. The molecule has 0 saturated heterocycles. The Kier molecular flexibility index (Phi) is 3.22. The fourth-order valence-corrected chi connectivity index (χ4v) is 4.63. The van der Waals surface area contributed by atoms with Crippen LogP contribution in [0.2, 0.25) is 0 Å². The van der Waals surface area contributed by atoms with Crippen LogP contribution in [0.5, 0.6) is 0 Å². The number of hydrogen-bond acceptors (Lipinski definition) is 2. The van der Waals surface area contributed by atoms with E-state index >= 15 is 0 Å². The summed E-state index contributed by atoms with van der Waals surface area (Å²) in [6, 6.07) is 13.0. The van der Waals surface area contributed by atoms with Crippen molar-refractivity contribution < 1.29 is 0 Å². The van der Waals surface area contributed by atoms with E-state index in [2.05, 4.69) is 60.2 Å². The highest BCUT2D eigenvalue weighted by Gasteiger charge is 2.20. The van der Waals surface area contributed by atoms with Gasteiger partial charge in [-0.2, -0.15) is 0 Å². The molecule has 5 heterocycles. The van der Waals surface area contributed by atoms with Gasteiger partial charge in [0.2, 0.25) is 0 Å². The molecule has 0 fully saturated rings. The van der Waals surface area contributed by atoms with E-state index in [4.69, 9.17) is 9.97 Å². The number of aryl methyl sites for hydroxylation is 4. The van der Waals surface area contributed by atoms with Crippen molar-refractivity contribution >= 4 is 33.2 Å². The second-order valence-corrected chi connectivity index (χ2v) is 8.09. The SMILES string of the molecule is CC1=C(C)c2cc3cc4c([nH]3)c(c3nc(cc5ccc(cc1n2)[nH]5)CC3)CC4. The van der Waals surface area contributed by atoms with Crippen molar-refractivity contribution in [2.75, 3.05) is 0 Å². The van der Waals surface area contributed by atoms with Gasteiger partial charge >= 0.3 is 0 Å². The summed E-state index contributed by atoms with van der Waals surface area (Å²) in [6.07, 6.45) is 4.23. The van der Waals surface area contributed by atoms with Crippen LogP contribution in [0.4, 0.5) is 0 Å². The van der Waals surface area contributed by atoms with Gasteiger partial charge < -0.3 is 9.97 Å². The van der Waals surface area contributed by atoms with Crippen LogP contribution in [0.15, 0.2) is 36.4 Å². The van der Waals surface area contributed by atoms with E-state index in [1.165, 1.54) is 33.5 Å². The maximum Gasteiger partial charge on any atom is 0.0690 e. The van der Waals surface area contributed by atoms with Crippen molar-refractivity contribution in [3.8, 4) is 0 Å². The molecule has 3 aliphatic rings. The second-order valence-electron chi connectivity index (χ2n) is 8.09. The number of nitrogens with zero attached hydrogens (tertiary/aromatic N) is 2. The van der Waals surface area contributed by atoms with Crippen LogP contribution < -0.4 is 0 Å². The van der Waals surface area contributed by atoms with Gasteiger partial charge in [0.05, 0.1) is 11.4 Å². The number of aromatic nitrogens is 4. The Bertz CT molecular complexity index is 1330. The van der Waals surface area contributed by atoms with Gasteiger partial charge in [-0.15, -0.1) is 0 Å². The summed E-state index contributed by atoms with van der Waals surface area (Å²) in [5.41, 5.74) is 14.4. The molecule has 0 saturated carbocycles. The van der Waals surface area contributed by atoms with Crippen molar-refractivity contribution in [1.29, 1.82) is 0 Å². The topological polar surface area (TPSA) is 57.4 Å². The Morgan fingerprint density at radius 2 is 1.46 bits per heavy atom. The maximum absolute atomic E-state index is 4.98. The molecule has 3 aromatic rings. The Morgan fingerprint density at radius 1 is 0.714 bits per heavy atom. The van der Waals surface area contributed by atoms with E-state index in [-0.39, 0.29) is 0 Å². The molecular weight excluding hydrogens is 344 g/mol. The molecule has 8 bridgehead atoms. The highest BCUT2D eigenvalue weighted by Crippen LogP contribution is 2.32. The van der Waals surface area contributed by atoms with E-state index in [1.54, 1.807) is 0 Å². The molecule has 4 heteroatoms. The fourth-order valence-electron chi connectivity index (χ4n) is 4.63. The molecule has 4 nitrogen and oxygen atoms in total. The largest absolute Gasteiger partial charge is 0.355 e. The predicted octanol–water partition coefficient (Wildman–Crippen LogP) is 5.15. The highest BCUT2D eigenvalue weighted by molar-refractivity contribution is 5.91. The van der Waals surface area contributed by atoms with Crippen molar-refractivity contribution in [2.45, 2.75) is 39.5 Å². The molecule has 3 aromatic heterocycles. The molecule has 28 heavy (non-hydrogen) atoms. The Balaban J connectivity index is 1.74. The van der Waals surface area contributed by atoms with Crippen LogP contribution >= 0.6 is 0 Å². The van der Waals surface area contributed by atoms with Gasteiger partial charge in [-0.1, -0.05) is 0 Å². The monoisotopic (exact) mass is 366 g/mol. The van der Waals surface area contributed by atoms with Crippen LogP contribution in [-0.4, -0.2) is 19.9 Å². The summed E-state index contributed by atoms with van der Waals surface area (Å²) >= 11 is 0. The van der Waals surface area contributed by atoms with Crippen molar-refractivity contribution in [1.82, 2.24) is 19.9 Å². The molecule has 2 aliphatic heterocycles. The smallest absolute Gasteiger partial charge is 0.0690 e. The van der Waals surface area contributed by atoms with E-state index in [0.717, 1.165) is 59.3 Å². The second kappa shape index (κ2) is 5.68. The number of hydrogen-bond donors (Lipinski definition) is 2. The lowest BCUT2D eigenvalue weighted by Gasteiger charge is -1.96. The molecule has 2 N–H and O–H groups in total. The third-order valence-electron chi connectivity index (χ3n) is 6.32. The zero-order chi connectivity index (χ0) is 18.8. The summed E-state index contributed by atoms with van der Waals surface area (Å²) in [4.78, 5) is 17.0. The quantitative estimate of drug-likeness (QED) is 0.578. The minimum atomic E-state index is 1.01. The standard InChI is InChI=1S/C24H22N4/c1-13-14(2)23-12-19-9-15-3-7-20(24(15)27-19)21-8-6-17(26-21)10-16-4-5-18(25-16)11-22(13)28-23/h4-5,9-12,25,27H,3,6-8H2,1-2H3. The Hall–Kier alpha value is -3.14. The van der Waals surface area contributed by atoms with Crippen molar-refractivity contribution in [2.24, 2.45) is 0 Å². The first kappa shape index (κ1) is 15.9. The van der Waals surface area contributed by atoms with Crippen LogP contribution in [0, 0.1) is 0 Å². The molecule has 138 valence electrons. The number of H-pyrrole nitrogens is 2. The third kappa shape index (κ3) is 2.37. The van der Waals surface area contributed by atoms with Crippen LogP contribution in [0.3, 0.4) is 0 Å². The molecule has 0 aromatic carbocycles. The summed E-state index contributed by atoms with van der Waals surface area (Å²) in [5.74, 6) is 0. The lowest BCUT2D eigenvalue weighted by molar-refractivity contribution is 0.961. The number of rotatable bonds is 0. The fraction of sp³-hybridized carbons (Fsp3) is 0.250. The number of fused-ring (bicyclic) bond motifs is 8. The van der Waals surface area contributed by atoms with Crippen molar-refractivity contribution in [3.63, 3.8) is 0 Å². The molecule has 0 atom stereocenters. The first-order chi connectivity index (χ1) is 13.6. The van der Waals surface area contributed by atoms with Gasteiger partial charge in [0.15, 0.2) is 0 Å². The first-order valence-electron chi connectivity index (χ1n) is 10.0. The Labute approximate surface area is 163 Å². The third-order valence-corrected chi connectivity index (χ3v) is 6.32. The van der Waals surface area contributed by atoms with Gasteiger partial charge in [-0.3, -0.25) is 4.98 Å². The average molecular weight is 366 g/mol. The van der Waals surface area contributed by atoms with Crippen LogP contribution in [-0.2, 0) is 25.7 Å². The molecular formula is C24H22N4. The highest BCUT2D eigenvalue weighted by atomic mass is 14.8. The lowest BCUT2D eigenvalue weighted by Crippen LogP contribution is -1.89. The molecule has 0 radical (unpaired) electrons.